The van der Waals surface area contributed by atoms with Crippen molar-refractivity contribution in [1.29, 1.82) is 0 Å². The smallest absolute Gasteiger partial charge is 0.497 e. The van der Waals surface area contributed by atoms with Gasteiger partial charge in [-0.1, -0.05) is 6.07 Å². The topological polar surface area (TPSA) is 52.6 Å². The highest BCUT2D eigenvalue weighted by atomic mass is 32.2. The molecule has 0 saturated carbocycles. The van der Waals surface area contributed by atoms with Crippen LogP contribution in [0.1, 0.15) is 25.0 Å². The first-order valence-corrected chi connectivity index (χ1v) is 7.78. The fraction of sp³-hybridized carbons (Fsp3) is 0.429. The minimum atomic E-state index is -5.68. The highest BCUT2D eigenvalue weighted by Crippen LogP contribution is 2.41. The van der Waals surface area contributed by atoms with Crippen molar-refractivity contribution in [3.63, 3.8) is 0 Å². The lowest BCUT2D eigenvalue weighted by Gasteiger charge is -2.33. The molecule has 122 valence electrons. The van der Waals surface area contributed by atoms with Gasteiger partial charge in [-0.05, 0) is 49.6 Å². The van der Waals surface area contributed by atoms with E-state index in [4.69, 9.17) is 4.74 Å². The molecule has 0 saturated heterocycles. The van der Waals surface area contributed by atoms with E-state index in [0.717, 1.165) is 5.56 Å². The first kappa shape index (κ1) is 16.7. The van der Waals surface area contributed by atoms with E-state index in [9.17, 15) is 21.6 Å². The van der Waals surface area contributed by atoms with Crippen molar-refractivity contribution < 1.29 is 30.5 Å². The molecular weight excluding hydrogens is 321 g/mol. The zero-order valence-electron chi connectivity index (χ0n) is 12.2. The molecule has 0 N–H and O–H groups in total. The van der Waals surface area contributed by atoms with Crippen molar-refractivity contribution in [2.24, 2.45) is 0 Å². The fourth-order valence-electron chi connectivity index (χ4n) is 2.37. The number of alkyl halides is 3. The van der Waals surface area contributed by atoms with Gasteiger partial charge in [-0.25, -0.2) is 0 Å². The zero-order valence-corrected chi connectivity index (χ0v) is 13.0. The van der Waals surface area contributed by atoms with Crippen LogP contribution in [0.25, 0.3) is 0 Å². The molecule has 0 bridgehead atoms. The largest absolute Gasteiger partial charge is 0.534 e. The Kier molecular flexibility index (Phi) is 3.93. The van der Waals surface area contributed by atoms with Gasteiger partial charge in [0.1, 0.15) is 11.5 Å². The molecule has 1 aliphatic carbocycles. The van der Waals surface area contributed by atoms with E-state index < -0.39 is 21.0 Å². The van der Waals surface area contributed by atoms with Gasteiger partial charge in [0.2, 0.25) is 0 Å². The van der Waals surface area contributed by atoms with Crippen LogP contribution in [0.15, 0.2) is 30.0 Å². The molecule has 4 nitrogen and oxygen atoms in total. The maximum Gasteiger partial charge on any atom is 0.534 e. The molecule has 0 aromatic heterocycles. The molecule has 8 heteroatoms. The van der Waals surface area contributed by atoms with Crippen LogP contribution < -0.4 is 4.74 Å². The Morgan fingerprint density at radius 1 is 1.23 bits per heavy atom. The minimum absolute atomic E-state index is 0.234. The van der Waals surface area contributed by atoms with Gasteiger partial charge in [-0.3, -0.25) is 0 Å². The fourth-order valence-corrected chi connectivity index (χ4v) is 2.98. The van der Waals surface area contributed by atoms with Crippen LogP contribution in [-0.4, -0.2) is 21.0 Å². The van der Waals surface area contributed by atoms with Crippen LogP contribution in [-0.2, 0) is 26.1 Å². The summed E-state index contributed by atoms with van der Waals surface area (Å²) in [5, 5.41) is 0. The molecule has 0 heterocycles. The van der Waals surface area contributed by atoms with E-state index in [0.29, 0.717) is 11.3 Å². The van der Waals surface area contributed by atoms with E-state index in [1.165, 1.54) is 13.2 Å². The molecule has 2 rings (SSSR count). The number of methoxy groups -OCH3 is 1. The molecule has 0 unspecified atom stereocenters. The molecule has 1 aliphatic rings. The van der Waals surface area contributed by atoms with Gasteiger partial charge in [0.25, 0.3) is 0 Å². The van der Waals surface area contributed by atoms with E-state index in [-0.39, 0.29) is 12.2 Å². The first-order chi connectivity index (χ1) is 9.99. The lowest BCUT2D eigenvalue weighted by Crippen LogP contribution is -2.33. The van der Waals surface area contributed by atoms with Crippen molar-refractivity contribution in [2.75, 3.05) is 7.11 Å². The molecule has 0 amide bonds. The Labute approximate surface area is 126 Å². The molecule has 0 atom stereocenters. The second-order valence-electron chi connectivity index (χ2n) is 5.40. The molecule has 0 radical (unpaired) electrons. The number of benzene rings is 1. The summed E-state index contributed by atoms with van der Waals surface area (Å²) in [6.45, 7) is 3.21. The normalized spacial score (nSPS) is 17.5. The molecule has 0 fully saturated rings. The third kappa shape index (κ3) is 2.79. The quantitative estimate of drug-likeness (QED) is 0.628. The SMILES string of the molecule is COc1ccc2c(c1)CC=C(OS(=O)(=O)C(F)(F)F)C2(C)C. The average molecular weight is 336 g/mol. The molecule has 1 aromatic rings. The van der Waals surface area contributed by atoms with E-state index >= 15 is 0 Å². The second-order valence-corrected chi connectivity index (χ2v) is 6.94. The number of allylic oxidation sites excluding steroid dienone is 2. The van der Waals surface area contributed by atoms with E-state index in [2.05, 4.69) is 4.18 Å². The van der Waals surface area contributed by atoms with Crippen LogP contribution in [0.4, 0.5) is 13.2 Å². The maximum atomic E-state index is 12.5. The Morgan fingerprint density at radius 2 is 1.86 bits per heavy atom. The summed E-state index contributed by atoms with van der Waals surface area (Å²) in [6, 6.07) is 5.13. The van der Waals surface area contributed by atoms with Crippen molar-refractivity contribution in [3.05, 3.63) is 41.2 Å². The van der Waals surface area contributed by atoms with Gasteiger partial charge < -0.3 is 8.92 Å². The van der Waals surface area contributed by atoms with Crippen LogP contribution in [0.2, 0.25) is 0 Å². The summed E-state index contributed by atoms with van der Waals surface area (Å²) in [7, 11) is -4.17. The number of halogens is 3. The molecule has 1 aromatic carbocycles. The van der Waals surface area contributed by atoms with E-state index in [1.807, 2.05) is 0 Å². The van der Waals surface area contributed by atoms with E-state index in [1.54, 1.807) is 32.0 Å². The highest BCUT2D eigenvalue weighted by molar-refractivity contribution is 7.87. The van der Waals surface area contributed by atoms with Crippen molar-refractivity contribution in [1.82, 2.24) is 0 Å². The van der Waals surface area contributed by atoms with Crippen molar-refractivity contribution in [2.45, 2.75) is 31.2 Å². The number of ether oxygens (including phenoxy) is 1. The third-order valence-corrected chi connectivity index (χ3v) is 4.56. The summed E-state index contributed by atoms with van der Waals surface area (Å²) in [5.41, 5.74) is -4.91. The Bertz CT molecular complexity index is 718. The Morgan fingerprint density at radius 3 is 2.41 bits per heavy atom. The lowest BCUT2D eigenvalue weighted by molar-refractivity contribution is -0.0528. The predicted molar refractivity (Wildman–Crippen MR) is 73.9 cm³/mol. The number of hydrogen-bond donors (Lipinski definition) is 0. The average Bonchev–Trinajstić information content (AvgIpc) is 2.40. The van der Waals surface area contributed by atoms with Gasteiger partial charge in [0.15, 0.2) is 0 Å². The Hall–Kier alpha value is -1.70. The minimum Gasteiger partial charge on any atom is -0.497 e. The monoisotopic (exact) mass is 336 g/mol. The van der Waals surface area contributed by atoms with Gasteiger partial charge in [0.05, 0.1) is 7.11 Å². The van der Waals surface area contributed by atoms with Gasteiger partial charge in [-0.2, -0.15) is 21.6 Å². The molecule has 0 aliphatic heterocycles. The summed E-state index contributed by atoms with van der Waals surface area (Å²) in [4.78, 5) is 0. The second kappa shape index (κ2) is 5.19. The first-order valence-electron chi connectivity index (χ1n) is 6.38. The summed E-state index contributed by atoms with van der Waals surface area (Å²) in [6.07, 6.45) is 1.61. The van der Waals surface area contributed by atoms with Crippen molar-refractivity contribution >= 4 is 10.1 Å². The lowest BCUT2D eigenvalue weighted by atomic mass is 9.75. The van der Waals surface area contributed by atoms with Crippen LogP contribution >= 0.6 is 0 Å². The molecular formula is C14H15F3O4S. The summed E-state index contributed by atoms with van der Waals surface area (Å²) >= 11 is 0. The number of hydrogen-bond acceptors (Lipinski definition) is 4. The molecule has 0 spiro atoms. The van der Waals surface area contributed by atoms with Crippen LogP contribution in [0, 0.1) is 0 Å². The van der Waals surface area contributed by atoms with Gasteiger partial charge in [-0.15, -0.1) is 0 Å². The third-order valence-electron chi connectivity index (χ3n) is 3.59. The number of fused-ring (bicyclic) bond motifs is 1. The summed E-state index contributed by atoms with van der Waals surface area (Å²) < 4.78 is 69.3. The number of rotatable bonds is 3. The van der Waals surface area contributed by atoms with Gasteiger partial charge >= 0.3 is 15.6 Å². The highest BCUT2D eigenvalue weighted by Gasteiger charge is 2.50. The van der Waals surface area contributed by atoms with Crippen molar-refractivity contribution in [3.8, 4) is 5.75 Å². The zero-order chi connectivity index (χ0) is 16.8. The van der Waals surface area contributed by atoms with Gasteiger partial charge in [0, 0.05) is 5.41 Å². The van der Waals surface area contributed by atoms with Crippen LogP contribution in [0.5, 0.6) is 5.75 Å². The predicted octanol–water partition coefficient (Wildman–Crippen LogP) is 3.28. The standard InChI is InChI=1S/C14H15F3O4S/c1-13(2)11-6-5-10(20-3)8-9(11)4-7-12(13)21-22(18,19)14(15,16)17/h5-8H,4H2,1-3H3. The molecule has 22 heavy (non-hydrogen) atoms. The van der Waals surface area contributed by atoms with Crippen LogP contribution in [0.3, 0.4) is 0 Å². The summed E-state index contributed by atoms with van der Waals surface area (Å²) in [5.74, 6) is 0.387. The maximum absolute atomic E-state index is 12.5. The Balaban J connectivity index is 2.40.